The number of anilines is 1. The van der Waals surface area contributed by atoms with Crippen molar-refractivity contribution in [1.82, 2.24) is 15.2 Å². The summed E-state index contributed by atoms with van der Waals surface area (Å²) in [5, 5.41) is 12.9. The van der Waals surface area contributed by atoms with E-state index in [0.717, 1.165) is 58.8 Å². The number of β-lactam (4-membered cyclic amide) rings is 1. The van der Waals surface area contributed by atoms with Crippen LogP contribution in [0.3, 0.4) is 0 Å². The van der Waals surface area contributed by atoms with Crippen LogP contribution >= 0.6 is 0 Å². The molecule has 10 heteroatoms. The van der Waals surface area contributed by atoms with Crippen molar-refractivity contribution in [3.63, 3.8) is 0 Å². The van der Waals surface area contributed by atoms with Crippen LogP contribution in [0.5, 0.6) is 11.5 Å². The number of carboxylic acid groups (broad SMARTS) is 1. The number of rotatable bonds is 12. The zero-order valence-electron chi connectivity index (χ0n) is 26.1. The lowest BCUT2D eigenvalue weighted by molar-refractivity contribution is -0.165. The van der Waals surface area contributed by atoms with Gasteiger partial charge in [0, 0.05) is 25.3 Å². The molecule has 0 bridgehead atoms. The van der Waals surface area contributed by atoms with Crippen molar-refractivity contribution in [3.05, 3.63) is 83.6 Å². The van der Waals surface area contributed by atoms with Gasteiger partial charge in [-0.05, 0) is 85.2 Å². The Hall–Kier alpha value is -4.60. The number of amides is 3. The van der Waals surface area contributed by atoms with Gasteiger partial charge in [-0.1, -0.05) is 43.5 Å². The van der Waals surface area contributed by atoms with Crippen LogP contribution in [-0.2, 0) is 29.1 Å². The summed E-state index contributed by atoms with van der Waals surface area (Å²) in [6.45, 7) is 3.05. The molecule has 1 aliphatic carbocycles. The Morgan fingerprint density at radius 2 is 1.51 bits per heavy atom. The number of carboxylic acids is 1. The molecule has 10 nitrogen and oxygen atoms in total. The van der Waals surface area contributed by atoms with E-state index in [2.05, 4.69) is 15.2 Å². The molecule has 1 saturated carbocycles. The highest BCUT2D eigenvalue weighted by Crippen LogP contribution is 2.33. The first kappa shape index (κ1) is 31.8. The average Bonchev–Trinajstić information content (AvgIpc) is 3.06. The van der Waals surface area contributed by atoms with Gasteiger partial charge < -0.3 is 24.8 Å². The van der Waals surface area contributed by atoms with Gasteiger partial charge in [0.25, 0.3) is 0 Å². The van der Waals surface area contributed by atoms with E-state index in [1.54, 1.807) is 26.5 Å². The fourth-order valence-corrected chi connectivity index (χ4v) is 6.41. The number of hydrogen-bond donors (Lipinski definition) is 2. The van der Waals surface area contributed by atoms with Crippen LogP contribution in [0.4, 0.5) is 10.6 Å². The summed E-state index contributed by atoms with van der Waals surface area (Å²) in [4.78, 5) is 46.3. The largest absolute Gasteiger partial charge is 0.497 e. The molecule has 1 aromatic heterocycles. The van der Waals surface area contributed by atoms with Gasteiger partial charge in [-0.2, -0.15) is 0 Å². The lowest BCUT2D eigenvalue weighted by atomic mass is 9.82. The van der Waals surface area contributed by atoms with Crippen LogP contribution in [-0.4, -0.2) is 59.2 Å². The zero-order chi connectivity index (χ0) is 31.9. The number of urea groups is 1. The number of aliphatic carboxylic acids is 1. The molecule has 3 atom stereocenters. The van der Waals surface area contributed by atoms with E-state index in [1.165, 1.54) is 6.42 Å². The van der Waals surface area contributed by atoms with Crippen molar-refractivity contribution in [2.24, 2.45) is 11.8 Å². The molecule has 0 spiro atoms. The minimum Gasteiger partial charge on any atom is -0.497 e. The fraction of sp³-hybridized carbons (Fsp3) is 0.429. The van der Waals surface area contributed by atoms with Crippen LogP contribution in [0.25, 0.3) is 0 Å². The van der Waals surface area contributed by atoms with Crippen molar-refractivity contribution in [2.45, 2.75) is 70.6 Å². The van der Waals surface area contributed by atoms with Crippen LogP contribution in [0, 0.1) is 11.8 Å². The number of nitrogens with zero attached hydrogens (tertiary/aromatic N) is 3. The van der Waals surface area contributed by atoms with Crippen molar-refractivity contribution in [1.29, 1.82) is 0 Å². The molecule has 2 aromatic carbocycles. The number of aromatic nitrogens is 1. The highest BCUT2D eigenvalue weighted by molar-refractivity contribution is 6.07. The molecule has 0 radical (unpaired) electrons. The predicted molar refractivity (Wildman–Crippen MR) is 170 cm³/mol. The number of hydrogen-bond acceptors (Lipinski definition) is 7. The number of benzene rings is 2. The molecule has 1 aliphatic heterocycles. The molecule has 3 aromatic rings. The van der Waals surface area contributed by atoms with Gasteiger partial charge >= 0.3 is 12.0 Å². The van der Waals surface area contributed by atoms with E-state index in [4.69, 9.17) is 9.47 Å². The van der Waals surface area contributed by atoms with E-state index in [0.29, 0.717) is 24.8 Å². The third kappa shape index (κ3) is 7.56. The fourth-order valence-electron chi connectivity index (χ4n) is 6.41. The Labute approximate surface area is 264 Å². The zero-order valence-corrected chi connectivity index (χ0v) is 26.1. The summed E-state index contributed by atoms with van der Waals surface area (Å²) < 4.78 is 10.6. The normalized spacial score (nSPS) is 18.9. The minimum absolute atomic E-state index is 0.121. The highest BCUT2D eigenvalue weighted by Gasteiger charge is 2.54. The summed E-state index contributed by atoms with van der Waals surface area (Å²) in [5.74, 6) is 0.0678. The smallest absolute Gasteiger partial charge is 0.327 e. The quantitative estimate of drug-likeness (QED) is 0.259. The molecule has 2 N–H and O–H groups in total. The van der Waals surface area contributed by atoms with Crippen LogP contribution in [0.2, 0.25) is 0 Å². The Kier molecular flexibility index (Phi) is 10.2. The molecule has 0 unspecified atom stereocenters. The van der Waals surface area contributed by atoms with Gasteiger partial charge in [0.1, 0.15) is 17.3 Å². The molecule has 2 heterocycles. The van der Waals surface area contributed by atoms with Crippen LogP contribution in [0.15, 0.2) is 66.9 Å². The van der Waals surface area contributed by atoms with Gasteiger partial charge in [0.2, 0.25) is 5.91 Å². The second kappa shape index (κ2) is 14.5. The number of carbonyl (C=O) groups excluding carboxylic acids is 2. The molecule has 45 heavy (non-hydrogen) atoms. The van der Waals surface area contributed by atoms with Crippen molar-refractivity contribution in [2.75, 3.05) is 19.1 Å². The number of likely N-dealkylation sites (tertiary alicyclic amines) is 1. The second-order valence-electron chi connectivity index (χ2n) is 12.0. The Morgan fingerprint density at radius 3 is 2.04 bits per heavy atom. The van der Waals surface area contributed by atoms with Crippen molar-refractivity contribution in [3.8, 4) is 11.5 Å². The number of carbonyl (C=O) groups is 3. The Bertz CT molecular complexity index is 1420. The summed E-state index contributed by atoms with van der Waals surface area (Å²) in [7, 11) is 3.26. The Balaban J connectivity index is 1.32. The SMILES string of the molecule is COc1ccc(CN(Cc2ccc(OC)cc2)c2cc(C[C@H]3C(=O)N(C(=O)N[C@H](C)C4CCCCC4)[C@@H]3C(=O)O)ccn2)cc1. The molecule has 2 fully saturated rings. The van der Waals surface area contributed by atoms with E-state index in [9.17, 15) is 19.5 Å². The number of ether oxygens (including phenoxy) is 2. The van der Waals surface area contributed by atoms with Crippen molar-refractivity contribution < 1.29 is 29.0 Å². The van der Waals surface area contributed by atoms with E-state index in [1.807, 2.05) is 61.5 Å². The first-order valence-corrected chi connectivity index (χ1v) is 15.6. The molecular weight excluding hydrogens is 572 g/mol. The standard InChI is InChI=1S/C35H42N4O6/c1-23(27-7-5-4-6-8-27)37-35(43)39-32(34(41)42)30(33(39)40)19-26-17-18-36-31(20-26)38(21-24-9-13-28(44-2)14-10-24)22-25-11-15-29(45-3)16-12-25/h9-18,20,23,27,30,32H,4-8,19,21-22H2,1-3H3,(H,37,43)(H,41,42)/t23-,30-,32+/m1/s1. The third-order valence-corrected chi connectivity index (χ3v) is 9.05. The number of methoxy groups -OCH3 is 2. The summed E-state index contributed by atoms with van der Waals surface area (Å²) in [6.07, 6.45) is 7.36. The first-order chi connectivity index (χ1) is 21.8. The Morgan fingerprint density at radius 1 is 0.933 bits per heavy atom. The van der Waals surface area contributed by atoms with Crippen molar-refractivity contribution >= 4 is 23.7 Å². The number of pyridine rings is 1. The van der Waals surface area contributed by atoms with Crippen LogP contribution in [0.1, 0.15) is 55.7 Å². The molecule has 238 valence electrons. The maximum Gasteiger partial charge on any atom is 0.327 e. The average molecular weight is 615 g/mol. The van der Waals surface area contributed by atoms with E-state index < -0.39 is 29.9 Å². The van der Waals surface area contributed by atoms with E-state index in [-0.39, 0.29) is 12.5 Å². The molecule has 2 aliphatic rings. The topological polar surface area (TPSA) is 121 Å². The molecule has 3 amide bonds. The summed E-state index contributed by atoms with van der Waals surface area (Å²) in [6, 6.07) is 17.4. The maximum absolute atomic E-state index is 13.2. The summed E-state index contributed by atoms with van der Waals surface area (Å²) >= 11 is 0. The minimum atomic E-state index is -1.22. The lowest BCUT2D eigenvalue weighted by Gasteiger charge is -2.43. The highest BCUT2D eigenvalue weighted by atomic mass is 16.5. The van der Waals surface area contributed by atoms with Gasteiger partial charge in [-0.15, -0.1) is 0 Å². The molecule has 5 rings (SSSR count). The van der Waals surface area contributed by atoms with E-state index >= 15 is 0 Å². The van der Waals surface area contributed by atoms with Gasteiger partial charge in [0.05, 0.1) is 20.1 Å². The maximum atomic E-state index is 13.2. The monoisotopic (exact) mass is 614 g/mol. The number of nitrogens with one attached hydrogen (secondary N) is 1. The molecular formula is C35H42N4O6. The number of imide groups is 1. The molecule has 1 saturated heterocycles. The lowest BCUT2D eigenvalue weighted by Crippen LogP contribution is -2.69. The van der Waals surface area contributed by atoms with Gasteiger partial charge in [-0.3, -0.25) is 4.79 Å². The van der Waals surface area contributed by atoms with Gasteiger partial charge in [-0.25, -0.2) is 19.5 Å². The second-order valence-corrected chi connectivity index (χ2v) is 12.0. The third-order valence-electron chi connectivity index (χ3n) is 9.05. The van der Waals surface area contributed by atoms with Gasteiger partial charge in [0.15, 0.2) is 6.04 Å². The predicted octanol–water partition coefficient (Wildman–Crippen LogP) is 5.44. The summed E-state index contributed by atoms with van der Waals surface area (Å²) in [5.41, 5.74) is 2.89. The van der Waals surface area contributed by atoms with Crippen LogP contribution < -0.4 is 19.7 Å². The first-order valence-electron chi connectivity index (χ1n) is 15.6.